The number of ether oxygens (including phenoxy) is 1. The van der Waals surface area contributed by atoms with Gasteiger partial charge in [0.15, 0.2) is 0 Å². The third kappa shape index (κ3) is 2.19. The number of fused-ring (bicyclic) bond motifs is 1. The second-order valence-corrected chi connectivity index (χ2v) is 5.58. The lowest BCUT2D eigenvalue weighted by Crippen LogP contribution is -2.23. The Morgan fingerprint density at radius 1 is 1.16 bits per heavy atom. The number of aryl methyl sites for hydroxylation is 1. The molecule has 1 aliphatic heterocycles. The Kier molecular flexibility index (Phi) is 3.15. The Labute approximate surface area is 120 Å². The average Bonchev–Trinajstić information content (AvgIpc) is 2.43. The first-order chi connectivity index (χ1) is 9.16. The monoisotopic (exact) mass is 316 g/mol. The van der Waals surface area contributed by atoms with Crippen molar-refractivity contribution in [2.45, 2.75) is 19.4 Å². The minimum absolute atomic E-state index is 0.186. The topological polar surface area (TPSA) is 26.3 Å². The van der Waals surface area contributed by atoms with Gasteiger partial charge in [-0.25, -0.2) is 4.79 Å². The molecule has 2 aromatic carbocycles. The average molecular weight is 317 g/mol. The molecule has 1 heterocycles. The van der Waals surface area contributed by atoms with Crippen LogP contribution in [0.15, 0.2) is 46.9 Å². The summed E-state index contributed by atoms with van der Waals surface area (Å²) < 4.78 is 6.38. The highest BCUT2D eigenvalue weighted by Crippen LogP contribution is 2.35. The Bertz CT molecular complexity index is 635. The molecular formula is C16H13BrO2. The number of hydrogen-bond acceptors (Lipinski definition) is 2. The van der Waals surface area contributed by atoms with Crippen LogP contribution in [-0.2, 0) is 11.2 Å². The third-order valence-corrected chi connectivity index (χ3v) is 4.17. The molecule has 1 unspecified atom stereocenters. The van der Waals surface area contributed by atoms with Gasteiger partial charge < -0.3 is 4.74 Å². The van der Waals surface area contributed by atoms with Gasteiger partial charge in [0.05, 0.1) is 5.56 Å². The Morgan fingerprint density at radius 2 is 1.89 bits per heavy atom. The Morgan fingerprint density at radius 3 is 2.63 bits per heavy atom. The van der Waals surface area contributed by atoms with E-state index in [1.165, 1.54) is 0 Å². The van der Waals surface area contributed by atoms with Crippen LogP contribution >= 0.6 is 15.9 Å². The highest BCUT2D eigenvalue weighted by Gasteiger charge is 2.30. The number of halogens is 1. The number of benzene rings is 2. The first kappa shape index (κ1) is 12.4. The molecule has 0 N–H and O–H groups in total. The maximum Gasteiger partial charge on any atom is 0.340 e. The summed E-state index contributed by atoms with van der Waals surface area (Å²) in [4.78, 5) is 12.2. The van der Waals surface area contributed by atoms with Crippen molar-refractivity contribution in [1.29, 1.82) is 0 Å². The van der Waals surface area contributed by atoms with E-state index >= 15 is 0 Å². The maximum absolute atomic E-state index is 12.2. The number of carbonyl (C=O) groups is 1. The van der Waals surface area contributed by atoms with Gasteiger partial charge in [0.25, 0.3) is 0 Å². The highest BCUT2D eigenvalue weighted by atomic mass is 79.9. The summed E-state index contributed by atoms with van der Waals surface area (Å²) in [5, 5.41) is 0. The van der Waals surface area contributed by atoms with E-state index in [4.69, 9.17) is 4.74 Å². The molecule has 0 amide bonds. The minimum Gasteiger partial charge on any atom is -0.454 e. The molecule has 0 radical (unpaired) electrons. The molecule has 19 heavy (non-hydrogen) atoms. The maximum atomic E-state index is 12.2. The van der Waals surface area contributed by atoms with Crippen molar-refractivity contribution >= 4 is 21.9 Å². The molecule has 0 aromatic heterocycles. The van der Waals surface area contributed by atoms with E-state index < -0.39 is 0 Å². The number of rotatable bonds is 1. The van der Waals surface area contributed by atoms with Gasteiger partial charge in [-0.1, -0.05) is 36.4 Å². The molecule has 3 rings (SSSR count). The van der Waals surface area contributed by atoms with E-state index in [0.29, 0.717) is 5.56 Å². The number of carbonyl (C=O) groups excluding carboxylic acids is 1. The fourth-order valence-corrected chi connectivity index (χ4v) is 3.01. The summed E-state index contributed by atoms with van der Waals surface area (Å²) in [6.07, 6.45) is 0.547. The molecule has 2 aromatic rings. The molecule has 0 saturated heterocycles. The van der Waals surface area contributed by atoms with Crippen LogP contribution in [0, 0.1) is 6.92 Å². The van der Waals surface area contributed by atoms with Crippen LogP contribution in [-0.4, -0.2) is 5.97 Å². The molecule has 1 aliphatic rings. The minimum atomic E-state index is -0.245. The molecule has 3 heteroatoms. The molecule has 2 nitrogen and oxygen atoms in total. The molecule has 1 atom stereocenters. The molecule has 0 fully saturated rings. The van der Waals surface area contributed by atoms with Gasteiger partial charge in [-0.2, -0.15) is 0 Å². The number of cyclic esters (lactones) is 1. The second-order valence-electron chi connectivity index (χ2n) is 4.73. The lowest BCUT2D eigenvalue weighted by molar-refractivity contribution is 0.0250. The third-order valence-electron chi connectivity index (χ3n) is 3.51. The van der Waals surface area contributed by atoms with Gasteiger partial charge in [-0.15, -0.1) is 0 Å². The van der Waals surface area contributed by atoms with Gasteiger partial charge in [0.2, 0.25) is 0 Å². The Balaban J connectivity index is 2.05. The van der Waals surface area contributed by atoms with Crippen LogP contribution in [0.2, 0.25) is 0 Å². The zero-order chi connectivity index (χ0) is 13.4. The van der Waals surface area contributed by atoms with Gasteiger partial charge in [0, 0.05) is 10.9 Å². The zero-order valence-corrected chi connectivity index (χ0v) is 12.1. The summed E-state index contributed by atoms with van der Waals surface area (Å²) in [6, 6.07) is 13.8. The highest BCUT2D eigenvalue weighted by molar-refractivity contribution is 9.10. The summed E-state index contributed by atoms with van der Waals surface area (Å²) >= 11 is 3.43. The lowest BCUT2D eigenvalue weighted by Gasteiger charge is -2.27. The first-order valence-electron chi connectivity index (χ1n) is 6.20. The Hall–Kier alpha value is -1.61. The van der Waals surface area contributed by atoms with E-state index in [0.717, 1.165) is 27.6 Å². The van der Waals surface area contributed by atoms with Crippen molar-refractivity contribution in [3.63, 3.8) is 0 Å². The van der Waals surface area contributed by atoms with Crippen molar-refractivity contribution in [2.75, 3.05) is 0 Å². The number of hydrogen-bond donors (Lipinski definition) is 0. The summed E-state index contributed by atoms with van der Waals surface area (Å²) in [6.45, 7) is 2.03. The van der Waals surface area contributed by atoms with Crippen molar-refractivity contribution in [1.82, 2.24) is 0 Å². The molecule has 0 bridgehead atoms. The first-order valence-corrected chi connectivity index (χ1v) is 7.00. The SMILES string of the molecule is Cc1ccc(Br)c2c1CC(c1ccccc1)OC2=O. The predicted molar refractivity (Wildman–Crippen MR) is 77.2 cm³/mol. The molecule has 96 valence electrons. The van der Waals surface area contributed by atoms with Crippen LogP contribution in [0.25, 0.3) is 0 Å². The van der Waals surface area contributed by atoms with E-state index in [-0.39, 0.29) is 12.1 Å². The van der Waals surface area contributed by atoms with Crippen molar-refractivity contribution in [3.8, 4) is 0 Å². The van der Waals surface area contributed by atoms with Crippen LogP contribution in [0.1, 0.15) is 33.2 Å². The van der Waals surface area contributed by atoms with Crippen molar-refractivity contribution < 1.29 is 9.53 Å². The standard InChI is InChI=1S/C16H13BrO2/c1-10-7-8-13(17)15-12(10)9-14(19-16(15)18)11-5-3-2-4-6-11/h2-8,14H,9H2,1H3. The van der Waals surface area contributed by atoms with E-state index in [1.807, 2.05) is 49.4 Å². The second kappa shape index (κ2) is 4.82. The van der Waals surface area contributed by atoms with Crippen LogP contribution in [0.5, 0.6) is 0 Å². The van der Waals surface area contributed by atoms with Crippen molar-refractivity contribution in [2.24, 2.45) is 0 Å². The predicted octanol–water partition coefficient (Wildman–Crippen LogP) is 4.21. The van der Waals surface area contributed by atoms with Crippen LogP contribution < -0.4 is 0 Å². The van der Waals surface area contributed by atoms with Crippen LogP contribution in [0.3, 0.4) is 0 Å². The molecule has 0 aliphatic carbocycles. The van der Waals surface area contributed by atoms with E-state index in [9.17, 15) is 4.79 Å². The van der Waals surface area contributed by atoms with E-state index in [1.54, 1.807) is 0 Å². The van der Waals surface area contributed by atoms with Crippen molar-refractivity contribution in [3.05, 3.63) is 69.2 Å². The number of esters is 1. The molecular weight excluding hydrogens is 304 g/mol. The molecule has 0 saturated carbocycles. The van der Waals surface area contributed by atoms with Gasteiger partial charge >= 0.3 is 5.97 Å². The zero-order valence-electron chi connectivity index (χ0n) is 10.5. The normalized spacial score (nSPS) is 17.8. The van der Waals surface area contributed by atoms with Crippen LogP contribution in [0.4, 0.5) is 0 Å². The fourth-order valence-electron chi connectivity index (χ4n) is 2.48. The van der Waals surface area contributed by atoms with E-state index in [2.05, 4.69) is 15.9 Å². The smallest absolute Gasteiger partial charge is 0.340 e. The summed E-state index contributed by atoms with van der Waals surface area (Å²) in [7, 11) is 0. The van der Waals surface area contributed by atoms with Gasteiger partial charge in [0.1, 0.15) is 6.10 Å². The summed E-state index contributed by atoms with van der Waals surface area (Å²) in [5.74, 6) is -0.245. The fraction of sp³-hybridized carbons (Fsp3) is 0.188. The quantitative estimate of drug-likeness (QED) is 0.737. The summed E-state index contributed by atoms with van der Waals surface area (Å²) in [5.41, 5.74) is 3.93. The molecule has 0 spiro atoms. The lowest BCUT2D eigenvalue weighted by atomic mass is 9.91. The van der Waals surface area contributed by atoms with Gasteiger partial charge in [-0.05, 0) is 45.6 Å². The largest absolute Gasteiger partial charge is 0.454 e. The van der Waals surface area contributed by atoms with Gasteiger partial charge in [-0.3, -0.25) is 0 Å².